The normalized spacial score (nSPS) is 12.8. The molecule has 0 saturated carbocycles. The first-order chi connectivity index (χ1) is 9.60. The SMILES string of the molecule is CCc1nc(-c2cc(Cl)c3c(c2)OCO3)nc(Cl)c1Br. The number of aryl methyl sites for hydroxylation is 1. The van der Waals surface area contributed by atoms with Gasteiger partial charge in [0.1, 0.15) is 5.15 Å². The van der Waals surface area contributed by atoms with Crippen molar-refractivity contribution >= 4 is 39.1 Å². The Morgan fingerprint density at radius 1 is 1.25 bits per heavy atom. The quantitative estimate of drug-likeness (QED) is 0.724. The summed E-state index contributed by atoms with van der Waals surface area (Å²) in [6.07, 6.45) is 0.744. The van der Waals surface area contributed by atoms with Crippen LogP contribution in [0.3, 0.4) is 0 Å². The largest absolute Gasteiger partial charge is 0.454 e. The van der Waals surface area contributed by atoms with Gasteiger partial charge < -0.3 is 9.47 Å². The maximum absolute atomic E-state index is 6.17. The van der Waals surface area contributed by atoms with Gasteiger partial charge in [0.2, 0.25) is 6.79 Å². The fourth-order valence-electron chi connectivity index (χ4n) is 1.92. The van der Waals surface area contributed by atoms with Crippen LogP contribution >= 0.6 is 39.1 Å². The van der Waals surface area contributed by atoms with Crippen molar-refractivity contribution in [3.05, 3.63) is 32.5 Å². The molecule has 3 rings (SSSR count). The Kier molecular flexibility index (Phi) is 3.75. The van der Waals surface area contributed by atoms with Gasteiger partial charge in [-0.05, 0) is 34.5 Å². The average Bonchev–Trinajstić information content (AvgIpc) is 2.90. The fraction of sp³-hybridized carbons (Fsp3) is 0.231. The van der Waals surface area contributed by atoms with Crippen molar-refractivity contribution in [1.29, 1.82) is 0 Å². The summed E-state index contributed by atoms with van der Waals surface area (Å²) in [5.74, 6) is 1.65. The van der Waals surface area contributed by atoms with E-state index in [2.05, 4.69) is 25.9 Å². The van der Waals surface area contributed by atoms with Gasteiger partial charge in [-0.1, -0.05) is 30.1 Å². The molecular weight excluding hydrogens is 367 g/mol. The topological polar surface area (TPSA) is 44.2 Å². The highest BCUT2D eigenvalue weighted by Crippen LogP contribution is 2.42. The summed E-state index contributed by atoms with van der Waals surface area (Å²) in [7, 11) is 0. The number of aromatic nitrogens is 2. The molecule has 0 spiro atoms. The first-order valence-corrected chi connectivity index (χ1v) is 7.46. The van der Waals surface area contributed by atoms with Gasteiger partial charge in [0.05, 0.1) is 15.2 Å². The van der Waals surface area contributed by atoms with Gasteiger partial charge in [-0.3, -0.25) is 0 Å². The molecular formula is C13H9BrCl2N2O2. The van der Waals surface area contributed by atoms with E-state index in [0.29, 0.717) is 27.5 Å². The zero-order valence-corrected chi connectivity index (χ0v) is 13.5. The summed E-state index contributed by atoms with van der Waals surface area (Å²) in [4.78, 5) is 8.76. The van der Waals surface area contributed by atoms with Gasteiger partial charge in [0.15, 0.2) is 17.3 Å². The highest BCUT2D eigenvalue weighted by molar-refractivity contribution is 9.10. The summed E-state index contributed by atoms with van der Waals surface area (Å²) < 4.78 is 11.3. The number of nitrogens with zero attached hydrogens (tertiary/aromatic N) is 2. The van der Waals surface area contributed by atoms with Crippen LogP contribution in [0, 0.1) is 0 Å². The van der Waals surface area contributed by atoms with E-state index in [1.807, 2.05) is 6.92 Å². The van der Waals surface area contributed by atoms with Crippen LogP contribution in [0.15, 0.2) is 16.6 Å². The summed E-state index contributed by atoms with van der Waals surface area (Å²) in [6.45, 7) is 2.17. The molecule has 0 N–H and O–H groups in total. The molecule has 0 aliphatic carbocycles. The van der Waals surface area contributed by atoms with Crippen LogP contribution in [-0.4, -0.2) is 16.8 Å². The maximum Gasteiger partial charge on any atom is 0.231 e. The van der Waals surface area contributed by atoms with Gasteiger partial charge in [0, 0.05) is 5.56 Å². The Labute approximate surface area is 134 Å². The molecule has 4 nitrogen and oxygen atoms in total. The standard InChI is InChI=1S/C13H9BrCl2N2O2/c1-2-8-10(14)12(16)18-13(17-8)6-3-7(15)11-9(4-6)19-5-20-11/h3-4H,2,5H2,1H3. The monoisotopic (exact) mass is 374 g/mol. The van der Waals surface area contributed by atoms with Crippen LogP contribution in [0.25, 0.3) is 11.4 Å². The molecule has 0 fully saturated rings. The molecule has 0 unspecified atom stereocenters. The Morgan fingerprint density at radius 2 is 2.05 bits per heavy atom. The lowest BCUT2D eigenvalue weighted by molar-refractivity contribution is 0.174. The minimum atomic E-state index is 0.167. The van der Waals surface area contributed by atoms with Crippen molar-refractivity contribution in [2.24, 2.45) is 0 Å². The summed E-state index contributed by atoms with van der Waals surface area (Å²) in [5, 5.41) is 0.844. The molecule has 2 aromatic rings. The predicted octanol–water partition coefficient (Wildman–Crippen LogP) is 4.50. The van der Waals surface area contributed by atoms with Crippen LogP contribution in [0.5, 0.6) is 11.5 Å². The third kappa shape index (κ3) is 2.34. The molecule has 0 bridgehead atoms. The zero-order chi connectivity index (χ0) is 14.3. The molecule has 1 aliphatic rings. The number of rotatable bonds is 2. The average molecular weight is 376 g/mol. The lowest BCUT2D eigenvalue weighted by Gasteiger charge is -2.08. The third-order valence-corrected chi connectivity index (χ3v) is 4.52. The van der Waals surface area contributed by atoms with Crippen LogP contribution in [0.2, 0.25) is 10.2 Å². The van der Waals surface area contributed by atoms with Crippen molar-refractivity contribution in [3.8, 4) is 22.9 Å². The second-order valence-corrected chi connectivity index (χ2v) is 5.70. The Balaban J connectivity index is 2.14. The highest BCUT2D eigenvalue weighted by atomic mass is 79.9. The van der Waals surface area contributed by atoms with E-state index in [-0.39, 0.29) is 6.79 Å². The third-order valence-electron chi connectivity index (χ3n) is 2.90. The maximum atomic E-state index is 6.17. The lowest BCUT2D eigenvalue weighted by atomic mass is 10.2. The highest BCUT2D eigenvalue weighted by Gasteiger charge is 2.20. The lowest BCUT2D eigenvalue weighted by Crippen LogP contribution is -1.97. The van der Waals surface area contributed by atoms with Crippen molar-refractivity contribution in [3.63, 3.8) is 0 Å². The second kappa shape index (κ2) is 5.39. The molecule has 0 amide bonds. The van der Waals surface area contributed by atoms with Crippen molar-refractivity contribution < 1.29 is 9.47 Å². The van der Waals surface area contributed by atoms with Crippen molar-refractivity contribution in [1.82, 2.24) is 9.97 Å². The van der Waals surface area contributed by atoms with Crippen LogP contribution in [0.4, 0.5) is 0 Å². The van der Waals surface area contributed by atoms with E-state index in [4.69, 9.17) is 32.7 Å². The molecule has 1 aromatic heterocycles. The molecule has 0 saturated heterocycles. The second-order valence-electron chi connectivity index (χ2n) is 4.14. The number of ether oxygens (including phenoxy) is 2. The number of hydrogen-bond acceptors (Lipinski definition) is 4. The first kappa shape index (κ1) is 13.9. The van der Waals surface area contributed by atoms with E-state index in [1.54, 1.807) is 12.1 Å². The van der Waals surface area contributed by atoms with E-state index in [0.717, 1.165) is 22.2 Å². The molecule has 7 heteroatoms. The van der Waals surface area contributed by atoms with Crippen LogP contribution < -0.4 is 9.47 Å². The van der Waals surface area contributed by atoms with E-state index in [9.17, 15) is 0 Å². The number of benzene rings is 1. The first-order valence-electron chi connectivity index (χ1n) is 5.91. The van der Waals surface area contributed by atoms with Gasteiger partial charge in [0.25, 0.3) is 0 Å². The molecule has 0 radical (unpaired) electrons. The van der Waals surface area contributed by atoms with Crippen LogP contribution in [-0.2, 0) is 6.42 Å². The predicted molar refractivity (Wildman–Crippen MR) is 80.7 cm³/mol. The van der Waals surface area contributed by atoms with Crippen molar-refractivity contribution in [2.75, 3.05) is 6.79 Å². The van der Waals surface area contributed by atoms with E-state index >= 15 is 0 Å². The Hall–Kier alpha value is -1.04. The molecule has 1 aliphatic heterocycles. The summed E-state index contributed by atoms with van der Waals surface area (Å²) >= 11 is 15.7. The van der Waals surface area contributed by atoms with Gasteiger partial charge >= 0.3 is 0 Å². The molecule has 104 valence electrons. The minimum Gasteiger partial charge on any atom is -0.454 e. The summed E-state index contributed by atoms with van der Waals surface area (Å²) in [6, 6.07) is 3.54. The summed E-state index contributed by atoms with van der Waals surface area (Å²) in [5.41, 5.74) is 1.58. The number of halogens is 3. The fourth-order valence-corrected chi connectivity index (χ4v) is 2.83. The smallest absolute Gasteiger partial charge is 0.231 e. The van der Waals surface area contributed by atoms with E-state index < -0.39 is 0 Å². The Morgan fingerprint density at radius 3 is 2.80 bits per heavy atom. The molecule has 2 heterocycles. The van der Waals surface area contributed by atoms with Gasteiger partial charge in [-0.15, -0.1) is 0 Å². The Bertz CT molecular complexity index is 686. The van der Waals surface area contributed by atoms with Gasteiger partial charge in [-0.25, -0.2) is 9.97 Å². The minimum absolute atomic E-state index is 0.167. The number of fused-ring (bicyclic) bond motifs is 1. The van der Waals surface area contributed by atoms with Gasteiger partial charge in [-0.2, -0.15) is 0 Å². The molecule has 1 aromatic carbocycles. The molecule has 0 atom stereocenters. The number of hydrogen-bond donors (Lipinski definition) is 0. The zero-order valence-electron chi connectivity index (χ0n) is 10.4. The molecule has 20 heavy (non-hydrogen) atoms. The van der Waals surface area contributed by atoms with Crippen LogP contribution in [0.1, 0.15) is 12.6 Å². The van der Waals surface area contributed by atoms with Crippen molar-refractivity contribution in [2.45, 2.75) is 13.3 Å². The van der Waals surface area contributed by atoms with E-state index in [1.165, 1.54) is 0 Å².